The second-order valence-corrected chi connectivity index (χ2v) is 0. The molecule has 0 nitrogen and oxygen atoms in total. The van der Waals surface area contributed by atoms with Gasteiger partial charge in [-0.25, -0.2) is 0 Å². The molecule has 0 atom stereocenters. The average molecular weight is 206 g/mol. The van der Waals surface area contributed by atoms with Gasteiger partial charge < -0.3 is 0 Å². The molecular weight excluding hydrogens is 201 g/mol. The van der Waals surface area contributed by atoms with Crippen molar-refractivity contribution in [3.63, 3.8) is 0 Å². The predicted molar refractivity (Wildman–Crippen MR) is 18.5 cm³/mol. The van der Waals surface area contributed by atoms with Crippen molar-refractivity contribution in [3.05, 3.63) is 0 Å². The van der Waals surface area contributed by atoms with E-state index in [1.54, 1.807) is 0 Å². The third-order valence-electron chi connectivity index (χ3n) is 0. The van der Waals surface area contributed by atoms with Gasteiger partial charge in [0.15, 0.2) is 0 Å². The summed E-state index contributed by atoms with van der Waals surface area (Å²) in [6.45, 7) is 0. The van der Waals surface area contributed by atoms with Gasteiger partial charge in [0.05, 0.1) is 7.44 Å². The van der Waals surface area contributed by atoms with Crippen molar-refractivity contribution in [2.24, 2.45) is 0 Å². The summed E-state index contributed by atoms with van der Waals surface area (Å²) in [4.78, 5) is 0. The minimum Gasteiger partial charge on any atom is -0.0304 e. The topological polar surface area (TPSA) is 0 Å². The summed E-state index contributed by atoms with van der Waals surface area (Å²) in [6, 6.07) is 0. The zero-order valence-corrected chi connectivity index (χ0v) is 8.82. The molecule has 5 heteroatoms. The molecule has 0 unspecified atom stereocenters. The Bertz CT molecular complexity index is 11.6. The molecule has 0 fully saturated rings. The average Bonchev–Trinajstić information content (AvgIpc) is 1.00. The SMILES string of the molecule is B[SiH3].[Fe].[Ni].[Ti]. The van der Waals surface area contributed by atoms with E-state index in [2.05, 4.69) is 7.44 Å². The second-order valence-electron chi connectivity index (χ2n) is 0. The standard InChI is InChI=1S/BH5Si.Fe.Ni.Ti/c1-2;;;/h1H2,2H3;;;. The first-order valence-electron chi connectivity index (χ1n) is 1.00. The fourth-order valence-corrected chi connectivity index (χ4v) is 0. The van der Waals surface area contributed by atoms with Gasteiger partial charge in [-0.3, -0.25) is 0 Å². The van der Waals surface area contributed by atoms with E-state index in [0.717, 1.165) is 0 Å². The summed E-state index contributed by atoms with van der Waals surface area (Å²) in [7, 11) is 3.44. The molecule has 0 radical (unpaired) electrons. The Kier molecular flexibility index (Phi) is 209. The van der Waals surface area contributed by atoms with Crippen molar-refractivity contribution in [1.82, 2.24) is 0 Å². The number of hydrogen-bond donors (Lipinski definition) is 0. The Morgan fingerprint density at radius 3 is 1.20 bits per heavy atom. The van der Waals surface area contributed by atoms with Crippen LogP contribution in [0.1, 0.15) is 0 Å². The summed E-state index contributed by atoms with van der Waals surface area (Å²) >= 11 is 0. The Morgan fingerprint density at radius 1 is 1.20 bits per heavy atom. The third kappa shape index (κ3) is 23.9. The first-order valence-corrected chi connectivity index (χ1v) is 3.00. The van der Waals surface area contributed by atoms with Crippen LogP contribution in [0.2, 0.25) is 0 Å². The van der Waals surface area contributed by atoms with Crippen LogP contribution in [0.3, 0.4) is 0 Å². The number of hydrogen-bond acceptors (Lipinski definition) is 0. The maximum atomic E-state index is 2.14. The van der Waals surface area contributed by atoms with Gasteiger partial charge in [0.1, 0.15) is 0 Å². The first-order chi connectivity index (χ1) is 1.00. The summed E-state index contributed by atoms with van der Waals surface area (Å²) in [6.07, 6.45) is 0. The van der Waals surface area contributed by atoms with Gasteiger partial charge in [0, 0.05) is 55.3 Å². The Hall–Kier alpha value is 2.01. The molecule has 0 aromatic heterocycles. The fourth-order valence-electron chi connectivity index (χ4n) is 0. The van der Waals surface area contributed by atoms with Gasteiger partial charge >= 0.3 is 0 Å². The van der Waals surface area contributed by atoms with E-state index < -0.39 is 0 Å². The van der Waals surface area contributed by atoms with E-state index in [9.17, 15) is 0 Å². The van der Waals surface area contributed by atoms with E-state index in [-0.39, 0.29) is 55.3 Å². The predicted octanol–water partition coefficient (Wildman–Crippen LogP) is -2.11. The van der Waals surface area contributed by atoms with E-state index in [0.29, 0.717) is 0 Å². The van der Waals surface area contributed by atoms with Gasteiger partial charge in [-0.05, 0) is 10.1 Å². The molecular formula is H5BFeNiSiTi. The molecule has 0 aromatic carbocycles. The van der Waals surface area contributed by atoms with Crippen LogP contribution in [0, 0.1) is 0 Å². The molecule has 0 amide bonds. The van der Waals surface area contributed by atoms with Gasteiger partial charge in [-0.2, -0.15) is 0 Å². The zero-order valence-electron chi connectivity index (χ0n) is 3.17. The van der Waals surface area contributed by atoms with Crippen LogP contribution in [0.4, 0.5) is 0 Å². The van der Waals surface area contributed by atoms with Crippen LogP contribution < -0.4 is 0 Å². The quantitative estimate of drug-likeness (QED) is 0.398. The minimum absolute atomic E-state index is 0. The number of rotatable bonds is 0. The van der Waals surface area contributed by atoms with Crippen LogP contribution >= 0.6 is 0 Å². The molecule has 0 aliphatic rings. The van der Waals surface area contributed by atoms with Gasteiger partial charge in [0.25, 0.3) is 0 Å². The van der Waals surface area contributed by atoms with E-state index in [1.807, 2.05) is 0 Å². The van der Waals surface area contributed by atoms with E-state index in [4.69, 9.17) is 0 Å². The minimum atomic E-state index is 0. The maximum Gasteiger partial charge on any atom is 0.0852 e. The van der Waals surface area contributed by atoms with Gasteiger partial charge in [-0.1, -0.05) is 0 Å². The largest absolute Gasteiger partial charge is 0.0852 e. The Balaban J connectivity index is -0.00000000167. The van der Waals surface area contributed by atoms with Gasteiger partial charge in [-0.15, -0.1) is 0 Å². The van der Waals surface area contributed by atoms with Crippen LogP contribution in [-0.4, -0.2) is 17.6 Å². The van der Waals surface area contributed by atoms with Crippen molar-refractivity contribution in [3.8, 4) is 0 Å². The van der Waals surface area contributed by atoms with E-state index >= 15 is 0 Å². The van der Waals surface area contributed by atoms with E-state index in [1.165, 1.54) is 10.1 Å². The summed E-state index contributed by atoms with van der Waals surface area (Å²) in [5.41, 5.74) is 0. The monoisotopic (exact) mass is 206 g/mol. The van der Waals surface area contributed by atoms with Crippen molar-refractivity contribution in [2.75, 3.05) is 0 Å². The zero-order chi connectivity index (χ0) is 2.00. The van der Waals surface area contributed by atoms with Crippen LogP contribution in [-0.2, 0) is 55.3 Å². The molecule has 0 saturated carbocycles. The summed E-state index contributed by atoms with van der Waals surface area (Å²) < 4.78 is 0. The molecule has 0 rings (SSSR count). The fraction of sp³-hybridized carbons (Fsp3) is 0. The molecule has 5 heavy (non-hydrogen) atoms. The summed E-state index contributed by atoms with van der Waals surface area (Å²) in [5, 5.41) is 0. The molecule has 0 spiro atoms. The first kappa shape index (κ1) is 28.0. The molecule has 0 heterocycles. The Labute approximate surface area is 72.3 Å². The maximum absolute atomic E-state index is 2.14. The molecule has 0 aromatic rings. The van der Waals surface area contributed by atoms with Crippen molar-refractivity contribution >= 4 is 17.6 Å². The Morgan fingerprint density at radius 2 is 1.20 bits per heavy atom. The second kappa shape index (κ2) is 37.4. The molecule has 0 bridgehead atoms. The smallest absolute Gasteiger partial charge is 0.0304 e. The van der Waals surface area contributed by atoms with Crippen molar-refractivity contribution < 1.29 is 55.3 Å². The normalized spacial score (nSPS) is 1.60. The van der Waals surface area contributed by atoms with Crippen molar-refractivity contribution in [2.45, 2.75) is 0 Å². The molecule has 0 N–H and O–H groups in total. The van der Waals surface area contributed by atoms with Gasteiger partial charge in [0.2, 0.25) is 0 Å². The molecule has 0 aliphatic heterocycles. The van der Waals surface area contributed by atoms with Crippen LogP contribution in [0.15, 0.2) is 0 Å². The third-order valence-corrected chi connectivity index (χ3v) is 0. The van der Waals surface area contributed by atoms with Crippen molar-refractivity contribution in [1.29, 1.82) is 0 Å². The van der Waals surface area contributed by atoms with Crippen LogP contribution in [0.25, 0.3) is 0 Å². The molecule has 0 saturated heterocycles. The molecule has 0 aliphatic carbocycles. The summed E-state index contributed by atoms with van der Waals surface area (Å²) in [5.74, 6) is 0. The molecule has 34 valence electrons. The van der Waals surface area contributed by atoms with Crippen LogP contribution in [0.5, 0.6) is 0 Å².